The van der Waals surface area contributed by atoms with E-state index in [0.717, 1.165) is 25.8 Å². The van der Waals surface area contributed by atoms with E-state index in [0.29, 0.717) is 12.3 Å². The van der Waals surface area contributed by atoms with Crippen molar-refractivity contribution in [2.75, 3.05) is 18.8 Å². The van der Waals surface area contributed by atoms with Crippen molar-refractivity contribution in [3.05, 3.63) is 0 Å². The van der Waals surface area contributed by atoms with Crippen LogP contribution in [0.3, 0.4) is 0 Å². The molecule has 11 heavy (non-hydrogen) atoms. The Morgan fingerprint density at radius 2 is 2.09 bits per heavy atom. The molecule has 0 radical (unpaired) electrons. The molecule has 0 bridgehead atoms. The van der Waals surface area contributed by atoms with E-state index >= 15 is 0 Å². The van der Waals surface area contributed by atoms with Gasteiger partial charge in [-0.05, 0) is 25.8 Å². The molecule has 0 aromatic heterocycles. The second-order valence-corrected chi connectivity index (χ2v) is 6.04. The maximum Gasteiger partial charge on any atom is 0.157 e. The molecule has 0 unspecified atom stereocenters. The van der Waals surface area contributed by atoms with Gasteiger partial charge in [-0.25, -0.2) is 8.42 Å². The van der Waals surface area contributed by atoms with E-state index < -0.39 is 9.84 Å². The lowest BCUT2D eigenvalue weighted by molar-refractivity contribution is 0.353. The largest absolute Gasteiger partial charge is 0.315 e. The van der Waals surface area contributed by atoms with Crippen LogP contribution in [0.1, 0.15) is 19.3 Å². The fraction of sp³-hybridized carbons (Fsp3) is 1.00. The van der Waals surface area contributed by atoms with Crippen molar-refractivity contribution < 1.29 is 8.42 Å². The van der Waals surface area contributed by atoms with Crippen molar-refractivity contribution in [1.82, 2.24) is 5.32 Å². The average Bonchev–Trinajstić information content (AvgIpc) is 2.04. The lowest BCUT2D eigenvalue weighted by Gasteiger charge is -2.43. The Hall–Kier alpha value is -0.0900. The van der Waals surface area contributed by atoms with Gasteiger partial charge in [0.05, 0.1) is 10.5 Å². The van der Waals surface area contributed by atoms with E-state index in [2.05, 4.69) is 5.32 Å². The summed E-state index contributed by atoms with van der Waals surface area (Å²) in [5.41, 5.74) is 0. The second kappa shape index (κ2) is 2.20. The first-order valence-electron chi connectivity index (χ1n) is 4.09. The first-order chi connectivity index (χ1) is 5.16. The smallest absolute Gasteiger partial charge is 0.157 e. The van der Waals surface area contributed by atoms with Crippen LogP contribution in [0.5, 0.6) is 0 Å². The molecule has 2 heterocycles. The fourth-order valence-corrected chi connectivity index (χ4v) is 3.87. The molecular weight excluding hydrogens is 162 g/mol. The highest BCUT2D eigenvalue weighted by Crippen LogP contribution is 2.38. The predicted molar refractivity (Wildman–Crippen MR) is 43.2 cm³/mol. The lowest BCUT2D eigenvalue weighted by atomic mass is 9.95. The summed E-state index contributed by atoms with van der Waals surface area (Å²) in [4.78, 5) is 0. The minimum absolute atomic E-state index is 0.342. The number of nitrogens with one attached hydrogen (secondary N) is 1. The molecule has 2 rings (SSSR count). The fourth-order valence-electron chi connectivity index (χ4n) is 1.98. The van der Waals surface area contributed by atoms with Gasteiger partial charge in [-0.15, -0.1) is 0 Å². The van der Waals surface area contributed by atoms with Gasteiger partial charge >= 0.3 is 0 Å². The summed E-state index contributed by atoms with van der Waals surface area (Å²) in [5.74, 6) is 0.411. The van der Waals surface area contributed by atoms with E-state index in [4.69, 9.17) is 0 Å². The minimum atomic E-state index is -2.71. The topological polar surface area (TPSA) is 46.2 Å². The van der Waals surface area contributed by atoms with Crippen molar-refractivity contribution in [2.45, 2.75) is 24.0 Å². The van der Waals surface area contributed by atoms with Gasteiger partial charge in [0.1, 0.15) is 0 Å². The van der Waals surface area contributed by atoms with Crippen molar-refractivity contribution in [1.29, 1.82) is 0 Å². The van der Waals surface area contributed by atoms with Gasteiger partial charge in [0, 0.05) is 6.54 Å². The van der Waals surface area contributed by atoms with Gasteiger partial charge in [-0.2, -0.15) is 0 Å². The van der Waals surface area contributed by atoms with Crippen LogP contribution >= 0.6 is 0 Å². The normalized spacial score (nSPS) is 41.8. The van der Waals surface area contributed by atoms with Crippen molar-refractivity contribution in [2.24, 2.45) is 0 Å². The standard InChI is InChI=1S/C7H13NO2S/c9-11(10)5-3-7(11)2-1-4-8-6-7/h8H,1-6H2/t7-/m0/s1. The van der Waals surface area contributed by atoms with Crippen LogP contribution in [0.15, 0.2) is 0 Å². The van der Waals surface area contributed by atoms with Gasteiger partial charge in [-0.1, -0.05) is 0 Å². The summed E-state index contributed by atoms with van der Waals surface area (Å²) in [5, 5.41) is 3.15. The van der Waals surface area contributed by atoms with Gasteiger partial charge in [0.15, 0.2) is 9.84 Å². The SMILES string of the molecule is O=S1(=O)CC[C@]12CCCNC2. The zero-order valence-electron chi connectivity index (χ0n) is 6.47. The summed E-state index contributed by atoms with van der Waals surface area (Å²) in [6.45, 7) is 1.67. The third-order valence-corrected chi connectivity index (χ3v) is 5.53. The summed E-state index contributed by atoms with van der Waals surface area (Å²) >= 11 is 0. The molecule has 64 valence electrons. The Labute approximate surface area is 67.1 Å². The van der Waals surface area contributed by atoms with Crippen LogP contribution in [0, 0.1) is 0 Å². The maximum atomic E-state index is 11.4. The Bertz CT molecular complexity index is 252. The molecular formula is C7H13NO2S. The van der Waals surface area contributed by atoms with Gasteiger partial charge < -0.3 is 5.32 Å². The predicted octanol–water partition coefficient (Wildman–Crippen LogP) is -0.0729. The Kier molecular flexibility index (Phi) is 1.51. The summed E-state index contributed by atoms with van der Waals surface area (Å²) in [7, 11) is -2.71. The number of hydrogen-bond donors (Lipinski definition) is 1. The van der Waals surface area contributed by atoms with Crippen LogP contribution in [0.2, 0.25) is 0 Å². The van der Waals surface area contributed by atoms with Gasteiger partial charge in [0.25, 0.3) is 0 Å². The highest BCUT2D eigenvalue weighted by molar-refractivity contribution is 7.94. The van der Waals surface area contributed by atoms with Crippen molar-refractivity contribution >= 4 is 9.84 Å². The third kappa shape index (κ3) is 0.924. The highest BCUT2D eigenvalue weighted by Gasteiger charge is 2.51. The molecule has 2 fully saturated rings. The molecule has 3 nitrogen and oxygen atoms in total. The minimum Gasteiger partial charge on any atom is -0.315 e. The van der Waals surface area contributed by atoms with Gasteiger partial charge in [-0.3, -0.25) is 0 Å². The number of sulfone groups is 1. The first-order valence-corrected chi connectivity index (χ1v) is 5.75. The van der Waals surface area contributed by atoms with E-state index in [1.807, 2.05) is 0 Å². The molecule has 0 aliphatic carbocycles. The van der Waals surface area contributed by atoms with Crippen molar-refractivity contribution in [3.63, 3.8) is 0 Å². The zero-order chi connectivity index (χ0) is 7.95. The monoisotopic (exact) mass is 175 g/mol. The molecule has 1 spiro atoms. The Morgan fingerprint density at radius 1 is 1.27 bits per heavy atom. The van der Waals surface area contributed by atoms with Crippen molar-refractivity contribution in [3.8, 4) is 0 Å². The number of hydrogen-bond acceptors (Lipinski definition) is 3. The van der Waals surface area contributed by atoms with Crippen LogP contribution in [0.4, 0.5) is 0 Å². The molecule has 2 aliphatic heterocycles. The average molecular weight is 175 g/mol. The van der Waals surface area contributed by atoms with E-state index in [1.54, 1.807) is 0 Å². The zero-order valence-corrected chi connectivity index (χ0v) is 7.28. The maximum absolute atomic E-state index is 11.4. The van der Waals surface area contributed by atoms with E-state index in [-0.39, 0.29) is 4.75 Å². The van der Waals surface area contributed by atoms with Crippen LogP contribution in [-0.4, -0.2) is 32.0 Å². The lowest BCUT2D eigenvalue weighted by Crippen LogP contribution is -2.59. The molecule has 0 aromatic rings. The quantitative estimate of drug-likeness (QED) is 0.560. The summed E-state index contributed by atoms with van der Waals surface area (Å²) < 4.78 is 22.4. The highest BCUT2D eigenvalue weighted by atomic mass is 32.2. The number of piperidine rings is 1. The Balaban J connectivity index is 2.22. The third-order valence-electron chi connectivity index (χ3n) is 2.92. The second-order valence-electron chi connectivity index (χ2n) is 3.53. The van der Waals surface area contributed by atoms with E-state index in [9.17, 15) is 8.42 Å². The number of rotatable bonds is 0. The van der Waals surface area contributed by atoms with Crippen LogP contribution < -0.4 is 5.32 Å². The van der Waals surface area contributed by atoms with Crippen LogP contribution in [0.25, 0.3) is 0 Å². The molecule has 1 atom stereocenters. The van der Waals surface area contributed by atoms with Crippen LogP contribution in [-0.2, 0) is 9.84 Å². The molecule has 1 N–H and O–H groups in total. The molecule has 2 aliphatic rings. The first kappa shape index (κ1) is 7.55. The molecule has 0 aromatic carbocycles. The van der Waals surface area contributed by atoms with Gasteiger partial charge in [0.2, 0.25) is 0 Å². The molecule has 0 amide bonds. The molecule has 4 heteroatoms. The summed E-state index contributed by atoms with van der Waals surface area (Å²) in [6, 6.07) is 0. The molecule has 2 saturated heterocycles. The summed E-state index contributed by atoms with van der Waals surface area (Å²) in [6.07, 6.45) is 2.77. The Morgan fingerprint density at radius 3 is 2.36 bits per heavy atom. The van der Waals surface area contributed by atoms with E-state index in [1.165, 1.54) is 0 Å². The molecule has 0 saturated carbocycles.